The number of alkyl halides is 1. The first-order valence-corrected chi connectivity index (χ1v) is 5.42. The van der Waals surface area contributed by atoms with E-state index in [0.29, 0.717) is 11.4 Å². The lowest BCUT2D eigenvalue weighted by molar-refractivity contribution is -0.136. The van der Waals surface area contributed by atoms with Crippen LogP contribution in [0.5, 0.6) is 0 Å². The van der Waals surface area contributed by atoms with Crippen LogP contribution in [0.4, 0.5) is 0 Å². The van der Waals surface area contributed by atoms with Gasteiger partial charge in [-0.25, -0.2) is 0 Å². The van der Waals surface area contributed by atoms with Gasteiger partial charge in [0.25, 0.3) is 0 Å². The lowest BCUT2D eigenvalue weighted by atomic mass is 10.0. The van der Waals surface area contributed by atoms with E-state index < -0.39 is 10.8 Å². The SMILES string of the molecule is Cc1ccc(Cl)cc1CC(Br)C(=O)O. The van der Waals surface area contributed by atoms with Crippen LogP contribution in [-0.4, -0.2) is 15.9 Å². The molecule has 0 heterocycles. The van der Waals surface area contributed by atoms with Crippen LogP contribution in [0, 0.1) is 6.92 Å². The first-order valence-electron chi connectivity index (χ1n) is 4.12. The molecule has 1 atom stereocenters. The Morgan fingerprint density at radius 2 is 2.29 bits per heavy atom. The first kappa shape index (κ1) is 11.5. The quantitative estimate of drug-likeness (QED) is 0.862. The summed E-state index contributed by atoms with van der Waals surface area (Å²) in [6, 6.07) is 5.48. The van der Waals surface area contributed by atoms with Crippen molar-refractivity contribution in [2.24, 2.45) is 0 Å². The number of aliphatic carboxylic acids is 1. The van der Waals surface area contributed by atoms with Gasteiger partial charge < -0.3 is 5.11 Å². The molecule has 0 aliphatic carbocycles. The van der Waals surface area contributed by atoms with E-state index in [2.05, 4.69) is 15.9 Å². The molecule has 1 aromatic carbocycles. The van der Waals surface area contributed by atoms with E-state index in [1.807, 2.05) is 13.0 Å². The maximum Gasteiger partial charge on any atom is 0.317 e. The summed E-state index contributed by atoms with van der Waals surface area (Å²) < 4.78 is 0. The standard InChI is InChI=1S/C10H10BrClO2/c1-6-2-3-8(12)4-7(6)5-9(11)10(13)14/h2-4,9H,5H2,1H3,(H,13,14). The second kappa shape index (κ2) is 4.80. The Balaban J connectivity index is 2.85. The molecule has 0 saturated heterocycles. The Bertz CT molecular complexity index is 352. The van der Waals surface area contributed by atoms with Gasteiger partial charge in [-0.05, 0) is 36.6 Å². The van der Waals surface area contributed by atoms with Crippen molar-refractivity contribution in [1.82, 2.24) is 0 Å². The fraction of sp³-hybridized carbons (Fsp3) is 0.300. The van der Waals surface area contributed by atoms with Crippen molar-refractivity contribution < 1.29 is 9.90 Å². The average molecular weight is 278 g/mol. The van der Waals surface area contributed by atoms with Crippen LogP contribution in [0.2, 0.25) is 5.02 Å². The molecule has 0 bridgehead atoms. The topological polar surface area (TPSA) is 37.3 Å². The van der Waals surface area contributed by atoms with Crippen LogP contribution >= 0.6 is 27.5 Å². The van der Waals surface area contributed by atoms with Gasteiger partial charge >= 0.3 is 5.97 Å². The number of carboxylic acid groups (broad SMARTS) is 1. The number of halogens is 2. The van der Waals surface area contributed by atoms with Crippen molar-refractivity contribution in [1.29, 1.82) is 0 Å². The molecule has 1 rings (SSSR count). The number of hydrogen-bond acceptors (Lipinski definition) is 1. The van der Waals surface area contributed by atoms with Crippen molar-refractivity contribution in [3.05, 3.63) is 34.3 Å². The van der Waals surface area contributed by atoms with Crippen molar-refractivity contribution in [2.75, 3.05) is 0 Å². The average Bonchev–Trinajstić information content (AvgIpc) is 2.11. The van der Waals surface area contributed by atoms with Crippen LogP contribution in [0.1, 0.15) is 11.1 Å². The first-order chi connectivity index (χ1) is 6.50. The fourth-order valence-electron chi connectivity index (χ4n) is 1.14. The molecule has 2 nitrogen and oxygen atoms in total. The highest BCUT2D eigenvalue weighted by molar-refractivity contribution is 9.10. The van der Waals surface area contributed by atoms with Crippen molar-refractivity contribution >= 4 is 33.5 Å². The van der Waals surface area contributed by atoms with Crippen molar-refractivity contribution in [2.45, 2.75) is 18.2 Å². The number of carboxylic acids is 1. The predicted molar refractivity (Wildman–Crippen MR) is 60.2 cm³/mol. The van der Waals surface area contributed by atoms with Gasteiger partial charge in [-0.1, -0.05) is 33.6 Å². The summed E-state index contributed by atoms with van der Waals surface area (Å²) in [6.07, 6.45) is 0.446. The van der Waals surface area contributed by atoms with E-state index in [-0.39, 0.29) is 0 Å². The van der Waals surface area contributed by atoms with Crippen LogP contribution in [0.25, 0.3) is 0 Å². The Morgan fingerprint density at radius 3 is 2.86 bits per heavy atom. The second-order valence-electron chi connectivity index (χ2n) is 3.08. The Kier molecular flexibility index (Phi) is 3.96. The Labute approximate surface area is 96.0 Å². The second-order valence-corrected chi connectivity index (χ2v) is 4.62. The molecule has 0 amide bonds. The molecule has 0 spiro atoms. The summed E-state index contributed by atoms with van der Waals surface area (Å²) in [4.78, 5) is 10.1. The van der Waals surface area contributed by atoms with Gasteiger partial charge in [0.1, 0.15) is 4.83 Å². The minimum atomic E-state index is -0.857. The Hall–Kier alpha value is -0.540. The van der Waals surface area contributed by atoms with E-state index in [4.69, 9.17) is 16.7 Å². The van der Waals surface area contributed by atoms with Crippen LogP contribution in [0.3, 0.4) is 0 Å². The summed E-state index contributed by atoms with van der Waals surface area (Å²) in [5.41, 5.74) is 2.02. The van der Waals surface area contributed by atoms with Gasteiger partial charge in [0.15, 0.2) is 0 Å². The molecule has 1 unspecified atom stereocenters. The molecule has 4 heteroatoms. The van der Waals surface area contributed by atoms with Gasteiger partial charge in [0, 0.05) is 5.02 Å². The summed E-state index contributed by atoms with van der Waals surface area (Å²) >= 11 is 8.91. The number of rotatable bonds is 3. The van der Waals surface area contributed by atoms with E-state index >= 15 is 0 Å². The lowest BCUT2D eigenvalue weighted by Gasteiger charge is -2.08. The maximum absolute atomic E-state index is 10.6. The lowest BCUT2D eigenvalue weighted by Crippen LogP contribution is -2.15. The number of carbonyl (C=O) groups is 1. The highest BCUT2D eigenvalue weighted by atomic mass is 79.9. The number of benzene rings is 1. The normalized spacial score (nSPS) is 12.5. The van der Waals surface area contributed by atoms with Gasteiger partial charge in [0.2, 0.25) is 0 Å². The summed E-state index contributed by atoms with van der Waals surface area (Å²) in [5, 5.41) is 9.36. The van der Waals surface area contributed by atoms with Crippen molar-refractivity contribution in [3.63, 3.8) is 0 Å². The molecule has 0 aliphatic rings. The van der Waals surface area contributed by atoms with Gasteiger partial charge in [-0.3, -0.25) is 4.79 Å². The smallest absolute Gasteiger partial charge is 0.317 e. The zero-order chi connectivity index (χ0) is 10.7. The van der Waals surface area contributed by atoms with E-state index in [1.165, 1.54) is 0 Å². The Morgan fingerprint density at radius 1 is 1.64 bits per heavy atom. The third-order valence-corrected chi connectivity index (χ3v) is 2.93. The zero-order valence-electron chi connectivity index (χ0n) is 7.63. The molecule has 14 heavy (non-hydrogen) atoms. The number of aryl methyl sites for hydroxylation is 1. The summed E-state index contributed by atoms with van der Waals surface area (Å²) in [5.74, 6) is -0.857. The minimum absolute atomic E-state index is 0.446. The van der Waals surface area contributed by atoms with Crippen molar-refractivity contribution in [3.8, 4) is 0 Å². The van der Waals surface area contributed by atoms with Gasteiger partial charge in [-0.2, -0.15) is 0 Å². The molecule has 0 radical (unpaired) electrons. The molecule has 0 aliphatic heterocycles. The summed E-state index contributed by atoms with van der Waals surface area (Å²) in [7, 11) is 0. The molecule has 0 fully saturated rings. The predicted octanol–water partition coefficient (Wildman–Crippen LogP) is 3.04. The van der Waals surface area contributed by atoms with Crippen LogP contribution < -0.4 is 0 Å². The third-order valence-electron chi connectivity index (χ3n) is 1.98. The van der Waals surface area contributed by atoms with Gasteiger partial charge in [-0.15, -0.1) is 0 Å². The largest absolute Gasteiger partial charge is 0.480 e. The maximum atomic E-state index is 10.6. The molecular weight excluding hydrogens is 267 g/mol. The summed E-state index contributed by atoms with van der Waals surface area (Å²) in [6.45, 7) is 1.94. The minimum Gasteiger partial charge on any atom is -0.480 e. The van der Waals surface area contributed by atoms with E-state index in [0.717, 1.165) is 11.1 Å². The molecule has 0 saturated carbocycles. The highest BCUT2D eigenvalue weighted by Gasteiger charge is 2.14. The molecular formula is C10H10BrClO2. The third kappa shape index (κ3) is 3.00. The fourth-order valence-corrected chi connectivity index (χ4v) is 1.68. The molecule has 1 N–H and O–H groups in total. The van der Waals surface area contributed by atoms with Gasteiger partial charge in [0.05, 0.1) is 0 Å². The number of hydrogen-bond donors (Lipinski definition) is 1. The molecule has 0 aromatic heterocycles. The molecule has 76 valence electrons. The highest BCUT2D eigenvalue weighted by Crippen LogP contribution is 2.19. The van der Waals surface area contributed by atoms with Crippen LogP contribution in [-0.2, 0) is 11.2 Å². The zero-order valence-corrected chi connectivity index (χ0v) is 9.97. The van der Waals surface area contributed by atoms with E-state index in [9.17, 15) is 4.79 Å². The van der Waals surface area contributed by atoms with E-state index in [1.54, 1.807) is 12.1 Å². The van der Waals surface area contributed by atoms with Crippen LogP contribution in [0.15, 0.2) is 18.2 Å². The monoisotopic (exact) mass is 276 g/mol. The molecule has 1 aromatic rings.